The molecule has 0 spiro atoms. The molecule has 20 heavy (non-hydrogen) atoms. The van der Waals surface area contributed by atoms with Crippen molar-refractivity contribution in [2.75, 3.05) is 10.7 Å². The van der Waals surface area contributed by atoms with Gasteiger partial charge in [-0.2, -0.15) is 13.2 Å². The molecule has 0 atom stereocenters. The molecule has 1 aromatic heterocycles. The lowest BCUT2D eigenvalue weighted by Gasteiger charge is -2.11. The Bertz CT molecular complexity index is 614. The molecule has 2 aromatic rings. The molecule has 0 bridgehead atoms. The van der Waals surface area contributed by atoms with Gasteiger partial charge in [-0.15, -0.1) is 0 Å². The van der Waals surface area contributed by atoms with Gasteiger partial charge in [0.05, 0.1) is 23.6 Å². The van der Waals surface area contributed by atoms with E-state index in [0.29, 0.717) is 12.1 Å². The van der Waals surface area contributed by atoms with Gasteiger partial charge in [0.1, 0.15) is 5.82 Å². The first-order valence-corrected chi connectivity index (χ1v) is 5.32. The number of alkyl halides is 3. The molecule has 1 heterocycles. The smallest absolute Gasteiger partial charge is 0.336 e. The number of rotatable bonds is 3. The number of nitrogens with one attached hydrogen (secondary N) is 2. The van der Waals surface area contributed by atoms with Gasteiger partial charge < -0.3 is 10.7 Å². The maximum absolute atomic E-state index is 13.5. The highest BCUT2D eigenvalue weighted by Gasteiger charge is 2.31. The zero-order chi connectivity index (χ0) is 14.8. The number of benzene rings is 1. The van der Waals surface area contributed by atoms with Crippen molar-refractivity contribution in [3.05, 3.63) is 42.0 Å². The average Bonchev–Trinajstić information content (AvgIpc) is 2.40. The van der Waals surface area contributed by atoms with Crippen molar-refractivity contribution in [3.63, 3.8) is 0 Å². The molecule has 9 heteroatoms. The van der Waals surface area contributed by atoms with Gasteiger partial charge in [0.15, 0.2) is 11.6 Å². The molecule has 0 radical (unpaired) electrons. The van der Waals surface area contributed by atoms with Crippen LogP contribution in [0.3, 0.4) is 0 Å². The number of halogens is 4. The van der Waals surface area contributed by atoms with Gasteiger partial charge in [0.2, 0.25) is 0 Å². The predicted octanol–water partition coefficient (Wildman–Crippen LogP) is 2.66. The summed E-state index contributed by atoms with van der Waals surface area (Å²) in [6, 6.07) is 2.03. The van der Waals surface area contributed by atoms with E-state index in [4.69, 9.17) is 5.84 Å². The molecule has 0 aliphatic carbocycles. The van der Waals surface area contributed by atoms with Crippen LogP contribution in [-0.4, -0.2) is 9.97 Å². The number of hydrazine groups is 1. The van der Waals surface area contributed by atoms with Crippen LogP contribution in [0.4, 0.5) is 34.9 Å². The van der Waals surface area contributed by atoms with Crippen LogP contribution in [-0.2, 0) is 6.18 Å². The van der Waals surface area contributed by atoms with Crippen LogP contribution in [0.1, 0.15) is 5.56 Å². The highest BCUT2D eigenvalue weighted by atomic mass is 19.4. The van der Waals surface area contributed by atoms with Crippen molar-refractivity contribution >= 4 is 17.3 Å². The molecule has 0 aliphatic heterocycles. The first-order chi connectivity index (χ1) is 9.40. The molecule has 0 saturated carbocycles. The van der Waals surface area contributed by atoms with Crippen LogP contribution in [0.5, 0.6) is 0 Å². The maximum Gasteiger partial charge on any atom is 0.416 e. The van der Waals surface area contributed by atoms with E-state index >= 15 is 0 Å². The number of aromatic nitrogens is 2. The minimum absolute atomic E-state index is 0.0543. The predicted molar refractivity (Wildman–Crippen MR) is 64.5 cm³/mol. The van der Waals surface area contributed by atoms with Gasteiger partial charge >= 0.3 is 6.18 Å². The molecular weight excluding hydrogens is 278 g/mol. The summed E-state index contributed by atoms with van der Waals surface area (Å²) in [6.45, 7) is 0. The van der Waals surface area contributed by atoms with Crippen molar-refractivity contribution in [1.29, 1.82) is 0 Å². The maximum atomic E-state index is 13.5. The topological polar surface area (TPSA) is 75.9 Å². The van der Waals surface area contributed by atoms with Crippen molar-refractivity contribution in [2.24, 2.45) is 5.84 Å². The third-order valence-corrected chi connectivity index (χ3v) is 2.34. The summed E-state index contributed by atoms with van der Waals surface area (Å²) in [5, 5.41) is 2.42. The molecule has 5 nitrogen and oxygen atoms in total. The van der Waals surface area contributed by atoms with Gasteiger partial charge in [-0.1, -0.05) is 0 Å². The van der Waals surface area contributed by atoms with E-state index < -0.39 is 17.6 Å². The lowest BCUT2D eigenvalue weighted by atomic mass is 10.2. The number of nitrogens with zero attached hydrogens (tertiary/aromatic N) is 2. The Kier molecular flexibility index (Phi) is 3.70. The van der Waals surface area contributed by atoms with Gasteiger partial charge in [0, 0.05) is 0 Å². The van der Waals surface area contributed by atoms with E-state index in [2.05, 4.69) is 20.7 Å². The molecule has 0 fully saturated rings. The number of anilines is 3. The largest absolute Gasteiger partial charge is 0.416 e. The van der Waals surface area contributed by atoms with Crippen LogP contribution in [0, 0.1) is 5.82 Å². The first kappa shape index (κ1) is 14.0. The second-order valence-electron chi connectivity index (χ2n) is 3.75. The SMILES string of the molecule is NNc1cncc(Nc2cc(C(F)(F)F)ccc2F)n1. The van der Waals surface area contributed by atoms with Crippen molar-refractivity contribution < 1.29 is 17.6 Å². The first-order valence-electron chi connectivity index (χ1n) is 5.32. The fourth-order valence-electron chi connectivity index (χ4n) is 1.43. The standard InChI is InChI=1S/C11H9F4N5/c12-7-2-1-6(11(13,14)15)3-8(7)18-9-4-17-5-10(19-9)20-16/h1-5H,16H2,(H2,18,19,20). The summed E-state index contributed by atoms with van der Waals surface area (Å²) in [7, 11) is 0. The van der Waals surface area contributed by atoms with Crippen molar-refractivity contribution in [1.82, 2.24) is 9.97 Å². The van der Waals surface area contributed by atoms with Gasteiger partial charge in [-0.05, 0) is 18.2 Å². The van der Waals surface area contributed by atoms with E-state index in [9.17, 15) is 17.6 Å². The lowest BCUT2D eigenvalue weighted by Crippen LogP contribution is -2.10. The molecule has 0 aliphatic rings. The number of hydrogen-bond acceptors (Lipinski definition) is 5. The van der Waals surface area contributed by atoms with Crippen molar-refractivity contribution in [3.8, 4) is 0 Å². The molecule has 106 valence electrons. The Balaban J connectivity index is 2.32. The van der Waals surface area contributed by atoms with E-state index in [0.717, 1.165) is 6.07 Å². The summed E-state index contributed by atoms with van der Waals surface area (Å²) in [6.07, 6.45) is -2.04. The van der Waals surface area contributed by atoms with Gasteiger partial charge in [0.25, 0.3) is 0 Å². The van der Waals surface area contributed by atoms with Crippen LogP contribution >= 0.6 is 0 Å². The third-order valence-electron chi connectivity index (χ3n) is 2.34. The fraction of sp³-hybridized carbons (Fsp3) is 0.0909. The second kappa shape index (κ2) is 5.29. The van der Waals surface area contributed by atoms with Crippen molar-refractivity contribution in [2.45, 2.75) is 6.18 Å². The molecule has 0 saturated heterocycles. The zero-order valence-electron chi connectivity index (χ0n) is 9.87. The number of nitrogens with two attached hydrogens (primary N) is 1. The lowest BCUT2D eigenvalue weighted by molar-refractivity contribution is -0.137. The summed E-state index contributed by atoms with van der Waals surface area (Å²) < 4.78 is 51.2. The molecule has 1 aromatic carbocycles. The Morgan fingerprint density at radius 2 is 1.80 bits per heavy atom. The minimum atomic E-state index is -4.56. The molecule has 0 amide bonds. The van der Waals surface area contributed by atoms with E-state index in [1.54, 1.807) is 0 Å². The Hall–Kier alpha value is -2.42. The van der Waals surface area contributed by atoms with Gasteiger partial charge in [-0.3, -0.25) is 4.98 Å². The quantitative estimate of drug-likeness (QED) is 0.459. The highest BCUT2D eigenvalue weighted by Crippen LogP contribution is 2.32. The summed E-state index contributed by atoms with van der Waals surface area (Å²) >= 11 is 0. The Morgan fingerprint density at radius 3 is 2.45 bits per heavy atom. The minimum Gasteiger partial charge on any atom is -0.336 e. The molecule has 2 rings (SSSR count). The van der Waals surface area contributed by atoms with Crippen LogP contribution < -0.4 is 16.6 Å². The monoisotopic (exact) mass is 287 g/mol. The van der Waals surface area contributed by atoms with E-state index in [1.165, 1.54) is 12.4 Å². The molecular formula is C11H9F4N5. The summed E-state index contributed by atoms with van der Waals surface area (Å²) in [4.78, 5) is 7.60. The average molecular weight is 287 g/mol. The second-order valence-corrected chi connectivity index (χ2v) is 3.75. The van der Waals surface area contributed by atoms with Crippen LogP contribution in [0.15, 0.2) is 30.6 Å². The van der Waals surface area contributed by atoms with Crippen LogP contribution in [0.25, 0.3) is 0 Å². The molecule has 4 N–H and O–H groups in total. The Labute approximate surface area is 110 Å². The third kappa shape index (κ3) is 3.12. The van der Waals surface area contributed by atoms with Gasteiger partial charge in [-0.25, -0.2) is 15.2 Å². The van der Waals surface area contributed by atoms with Crippen LogP contribution in [0.2, 0.25) is 0 Å². The fourth-order valence-corrected chi connectivity index (χ4v) is 1.43. The summed E-state index contributed by atoms with van der Waals surface area (Å²) in [5.74, 6) is 4.52. The normalized spacial score (nSPS) is 11.2. The molecule has 0 unspecified atom stereocenters. The summed E-state index contributed by atoms with van der Waals surface area (Å²) in [5.41, 5.74) is 0.888. The number of hydrogen-bond donors (Lipinski definition) is 3. The zero-order valence-corrected chi connectivity index (χ0v) is 9.87. The van der Waals surface area contributed by atoms with E-state index in [-0.39, 0.29) is 17.3 Å². The number of nitrogen functional groups attached to an aromatic ring is 1. The highest BCUT2D eigenvalue weighted by molar-refractivity contribution is 5.58. The van der Waals surface area contributed by atoms with E-state index in [1.807, 2.05) is 0 Å². The Morgan fingerprint density at radius 1 is 1.10 bits per heavy atom.